The smallest absolute Gasteiger partial charge is 0.253 e. The Morgan fingerprint density at radius 1 is 1.36 bits per heavy atom. The fourth-order valence-electron chi connectivity index (χ4n) is 1.26. The molecule has 1 aromatic rings. The summed E-state index contributed by atoms with van der Waals surface area (Å²) in [7, 11) is 1.78. The van der Waals surface area contributed by atoms with Gasteiger partial charge in [0.15, 0.2) is 0 Å². The maximum absolute atomic E-state index is 11.7. The minimum atomic E-state index is -0.00755. The van der Waals surface area contributed by atoms with Gasteiger partial charge in [-0.15, -0.1) is 0 Å². The Labute approximate surface area is 84.0 Å². The zero-order valence-electron chi connectivity index (χ0n) is 8.53. The van der Waals surface area contributed by atoms with Gasteiger partial charge < -0.3 is 10.0 Å². The topological polar surface area (TPSA) is 40.5 Å². The number of benzene rings is 1. The van der Waals surface area contributed by atoms with Crippen molar-refractivity contribution in [3.05, 3.63) is 29.8 Å². The lowest BCUT2D eigenvalue weighted by Crippen LogP contribution is -2.27. The second kappa shape index (κ2) is 4.65. The summed E-state index contributed by atoms with van der Waals surface area (Å²) in [6.07, 6.45) is 0.945. The maximum Gasteiger partial charge on any atom is 0.253 e. The molecule has 1 aromatic carbocycles. The van der Waals surface area contributed by atoms with Gasteiger partial charge in [0.1, 0.15) is 5.75 Å². The molecule has 3 heteroatoms. The number of amides is 1. The van der Waals surface area contributed by atoms with E-state index in [0.29, 0.717) is 5.56 Å². The molecular formula is C11H15NO2. The Bertz CT molecular complexity index is 306. The summed E-state index contributed by atoms with van der Waals surface area (Å²) in [5, 5.41) is 9.06. The Morgan fingerprint density at radius 2 is 1.93 bits per heavy atom. The molecule has 3 nitrogen and oxygen atoms in total. The van der Waals surface area contributed by atoms with Crippen LogP contribution in [0.3, 0.4) is 0 Å². The van der Waals surface area contributed by atoms with Crippen molar-refractivity contribution in [2.45, 2.75) is 13.3 Å². The van der Waals surface area contributed by atoms with E-state index in [2.05, 4.69) is 0 Å². The number of phenols is 1. The monoisotopic (exact) mass is 193 g/mol. The highest BCUT2D eigenvalue weighted by atomic mass is 16.3. The van der Waals surface area contributed by atoms with Crippen LogP contribution in [0.5, 0.6) is 5.75 Å². The number of carbonyl (C=O) groups excluding carboxylic acids is 1. The van der Waals surface area contributed by atoms with Crippen LogP contribution in [0.25, 0.3) is 0 Å². The van der Waals surface area contributed by atoms with Crippen LogP contribution in [-0.4, -0.2) is 29.5 Å². The minimum Gasteiger partial charge on any atom is -0.508 e. The predicted octanol–water partition coefficient (Wildman–Crippen LogP) is 1.87. The lowest BCUT2D eigenvalue weighted by atomic mass is 10.2. The molecule has 0 heterocycles. The molecule has 1 rings (SSSR count). The van der Waals surface area contributed by atoms with Gasteiger partial charge in [0.2, 0.25) is 0 Å². The number of hydrogen-bond donors (Lipinski definition) is 1. The van der Waals surface area contributed by atoms with E-state index in [1.807, 2.05) is 6.92 Å². The molecule has 0 aliphatic rings. The quantitative estimate of drug-likeness (QED) is 0.796. The third-order valence-electron chi connectivity index (χ3n) is 2.02. The molecule has 0 radical (unpaired) electrons. The molecule has 0 aliphatic carbocycles. The van der Waals surface area contributed by atoms with Gasteiger partial charge in [0.25, 0.3) is 5.91 Å². The van der Waals surface area contributed by atoms with E-state index in [4.69, 9.17) is 5.11 Å². The Balaban J connectivity index is 2.74. The third-order valence-corrected chi connectivity index (χ3v) is 2.02. The summed E-state index contributed by atoms with van der Waals surface area (Å²) in [5.41, 5.74) is 0.610. The van der Waals surface area contributed by atoms with Crippen LogP contribution < -0.4 is 0 Å². The molecule has 0 saturated carbocycles. The highest BCUT2D eigenvalue weighted by Gasteiger charge is 2.09. The Kier molecular flexibility index (Phi) is 3.51. The van der Waals surface area contributed by atoms with E-state index in [0.717, 1.165) is 13.0 Å². The van der Waals surface area contributed by atoms with Gasteiger partial charge in [-0.3, -0.25) is 4.79 Å². The van der Waals surface area contributed by atoms with E-state index in [1.54, 1.807) is 24.1 Å². The molecule has 0 aliphatic heterocycles. The number of aromatic hydroxyl groups is 1. The largest absolute Gasteiger partial charge is 0.508 e. The van der Waals surface area contributed by atoms with Crippen molar-refractivity contribution in [3.8, 4) is 5.75 Å². The zero-order valence-corrected chi connectivity index (χ0v) is 8.53. The van der Waals surface area contributed by atoms with Crippen LogP contribution in [-0.2, 0) is 0 Å². The van der Waals surface area contributed by atoms with E-state index in [9.17, 15) is 4.79 Å². The van der Waals surface area contributed by atoms with E-state index in [1.165, 1.54) is 12.1 Å². The van der Waals surface area contributed by atoms with Crippen molar-refractivity contribution >= 4 is 5.91 Å². The van der Waals surface area contributed by atoms with Crippen LogP contribution in [0.2, 0.25) is 0 Å². The van der Waals surface area contributed by atoms with Crippen LogP contribution in [0.1, 0.15) is 23.7 Å². The molecule has 0 atom stereocenters. The van der Waals surface area contributed by atoms with Crippen LogP contribution in [0, 0.1) is 0 Å². The van der Waals surface area contributed by atoms with Gasteiger partial charge in [-0.05, 0) is 30.7 Å². The molecule has 1 N–H and O–H groups in total. The standard InChI is InChI=1S/C11H15NO2/c1-3-8-12(2)11(14)9-4-6-10(13)7-5-9/h4-7,13H,3,8H2,1-2H3. The third kappa shape index (κ3) is 2.49. The minimum absolute atomic E-state index is 0.00755. The van der Waals surface area contributed by atoms with Gasteiger partial charge in [0.05, 0.1) is 0 Å². The second-order valence-corrected chi connectivity index (χ2v) is 3.27. The Morgan fingerprint density at radius 3 is 2.43 bits per heavy atom. The van der Waals surface area contributed by atoms with Gasteiger partial charge in [-0.2, -0.15) is 0 Å². The van der Waals surface area contributed by atoms with Gasteiger partial charge >= 0.3 is 0 Å². The van der Waals surface area contributed by atoms with Crippen LogP contribution >= 0.6 is 0 Å². The van der Waals surface area contributed by atoms with Gasteiger partial charge in [0, 0.05) is 19.2 Å². The molecule has 1 amide bonds. The summed E-state index contributed by atoms with van der Waals surface area (Å²) < 4.78 is 0. The van der Waals surface area contributed by atoms with Crippen molar-refractivity contribution < 1.29 is 9.90 Å². The van der Waals surface area contributed by atoms with Crippen molar-refractivity contribution in [1.82, 2.24) is 4.90 Å². The average Bonchev–Trinajstić information content (AvgIpc) is 2.18. The molecule has 0 spiro atoms. The fraction of sp³-hybridized carbons (Fsp3) is 0.364. The van der Waals surface area contributed by atoms with Crippen molar-refractivity contribution in [1.29, 1.82) is 0 Å². The first-order chi connectivity index (χ1) is 6.65. The molecule has 0 saturated heterocycles. The van der Waals surface area contributed by atoms with Gasteiger partial charge in [-0.1, -0.05) is 6.92 Å². The highest BCUT2D eigenvalue weighted by molar-refractivity contribution is 5.94. The first-order valence-electron chi connectivity index (χ1n) is 4.69. The SMILES string of the molecule is CCCN(C)C(=O)c1ccc(O)cc1. The van der Waals surface area contributed by atoms with Crippen LogP contribution in [0.4, 0.5) is 0 Å². The number of rotatable bonds is 3. The Hall–Kier alpha value is -1.51. The molecular weight excluding hydrogens is 178 g/mol. The number of phenolic OH excluding ortho intramolecular Hbond substituents is 1. The van der Waals surface area contributed by atoms with E-state index in [-0.39, 0.29) is 11.7 Å². The maximum atomic E-state index is 11.7. The lowest BCUT2D eigenvalue weighted by Gasteiger charge is -2.15. The predicted molar refractivity (Wildman–Crippen MR) is 55.4 cm³/mol. The van der Waals surface area contributed by atoms with E-state index >= 15 is 0 Å². The molecule has 0 bridgehead atoms. The average molecular weight is 193 g/mol. The molecule has 76 valence electrons. The van der Waals surface area contributed by atoms with Gasteiger partial charge in [-0.25, -0.2) is 0 Å². The lowest BCUT2D eigenvalue weighted by molar-refractivity contribution is 0.0795. The number of nitrogens with zero attached hydrogens (tertiary/aromatic N) is 1. The summed E-state index contributed by atoms with van der Waals surface area (Å²) in [6, 6.07) is 6.30. The summed E-state index contributed by atoms with van der Waals surface area (Å²) >= 11 is 0. The number of hydrogen-bond acceptors (Lipinski definition) is 2. The van der Waals surface area contributed by atoms with E-state index < -0.39 is 0 Å². The summed E-state index contributed by atoms with van der Waals surface area (Å²) in [5.74, 6) is 0.173. The molecule has 0 unspecified atom stereocenters. The summed E-state index contributed by atoms with van der Waals surface area (Å²) in [4.78, 5) is 13.4. The summed E-state index contributed by atoms with van der Waals surface area (Å²) in [6.45, 7) is 2.78. The molecule has 0 aromatic heterocycles. The first-order valence-corrected chi connectivity index (χ1v) is 4.69. The first kappa shape index (κ1) is 10.6. The normalized spacial score (nSPS) is 9.86. The highest BCUT2D eigenvalue weighted by Crippen LogP contribution is 2.11. The number of carbonyl (C=O) groups is 1. The fourth-order valence-corrected chi connectivity index (χ4v) is 1.26. The zero-order chi connectivity index (χ0) is 10.6. The second-order valence-electron chi connectivity index (χ2n) is 3.27. The van der Waals surface area contributed by atoms with Crippen LogP contribution in [0.15, 0.2) is 24.3 Å². The van der Waals surface area contributed by atoms with Crippen molar-refractivity contribution in [3.63, 3.8) is 0 Å². The van der Waals surface area contributed by atoms with Crippen molar-refractivity contribution in [2.75, 3.05) is 13.6 Å². The van der Waals surface area contributed by atoms with Crippen molar-refractivity contribution in [2.24, 2.45) is 0 Å². The molecule has 0 fully saturated rings. The molecule has 14 heavy (non-hydrogen) atoms.